The predicted molar refractivity (Wildman–Crippen MR) is 121 cm³/mol. The van der Waals surface area contributed by atoms with Crippen molar-refractivity contribution < 1.29 is 9.84 Å². The van der Waals surface area contributed by atoms with Gasteiger partial charge in [0.15, 0.2) is 0 Å². The second-order valence-electron chi connectivity index (χ2n) is 10.2. The molecule has 4 fully saturated rings. The largest absolute Gasteiger partial charge is 0.491 e. The summed E-state index contributed by atoms with van der Waals surface area (Å²) >= 11 is 0. The van der Waals surface area contributed by atoms with Crippen LogP contribution in [-0.4, -0.2) is 24.4 Å². The Morgan fingerprint density at radius 2 is 1.60 bits per heavy atom. The van der Waals surface area contributed by atoms with Crippen LogP contribution >= 0.6 is 0 Å². The zero-order valence-electron chi connectivity index (χ0n) is 18.1. The number of benzene rings is 2. The number of hydrogen-bond acceptors (Lipinski definition) is 3. The van der Waals surface area contributed by atoms with E-state index in [1.165, 1.54) is 55.2 Å². The maximum Gasteiger partial charge on any atom is 0.119 e. The summed E-state index contributed by atoms with van der Waals surface area (Å²) in [5, 5.41) is 13.6. The topological polar surface area (TPSA) is 41.5 Å². The molecule has 0 aliphatic heterocycles. The first-order chi connectivity index (χ1) is 14.6. The highest BCUT2D eigenvalue weighted by atomic mass is 16.5. The molecule has 0 amide bonds. The van der Waals surface area contributed by atoms with Crippen LogP contribution in [0.4, 0.5) is 0 Å². The van der Waals surface area contributed by atoms with Gasteiger partial charge in [-0.05, 0) is 97.4 Å². The lowest BCUT2D eigenvalue weighted by atomic mass is 9.48. The Bertz CT molecular complexity index is 824. The van der Waals surface area contributed by atoms with Gasteiger partial charge in [-0.25, -0.2) is 0 Å². The average molecular weight is 406 g/mol. The molecule has 0 heterocycles. The third-order valence-corrected chi connectivity index (χ3v) is 7.90. The van der Waals surface area contributed by atoms with Crippen molar-refractivity contribution in [1.82, 2.24) is 5.32 Å². The lowest BCUT2D eigenvalue weighted by molar-refractivity contribution is -0.00521. The van der Waals surface area contributed by atoms with E-state index in [4.69, 9.17) is 4.74 Å². The van der Waals surface area contributed by atoms with Gasteiger partial charge in [0.2, 0.25) is 0 Å². The average Bonchev–Trinajstić information content (AvgIpc) is 2.73. The number of rotatable bonds is 8. The minimum atomic E-state index is -0.517. The molecule has 4 aliphatic carbocycles. The first-order valence-electron chi connectivity index (χ1n) is 11.8. The second-order valence-corrected chi connectivity index (χ2v) is 10.2. The minimum absolute atomic E-state index is 0.317. The normalized spacial score (nSPS) is 30.4. The number of aliphatic hydroxyl groups excluding tert-OH is 1. The molecule has 0 saturated heterocycles. The van der Waals surface area contributed by atoms with E-state index < -0.39 is 6.10 Å². The molecule has 2 aromatic rings. The van der Waals surface area contributed by atoms with E-state index in [0.717, 1.165) is 30.0 Å². The molecular weight excluding hydrogens is 370 g/mol. The number of aryl methyl sites for hydroxylation is 1. The predicted octanol–water partition coefficient (Wildman–Crippen LogP) is 4.99. The molecule has 2 N–H and O–H groups in total. The maximum atomic E-state index is 10.3. The summed E-state index contributed by atoms with van der Waals surface area (Å²) < 4.78 is 5.88. The Morgan fingerprint density at radius 3 is 2.23 bits per heavy atom. The summed E-state index contributed by atoms with van der Waals surface area (Å²) in [6, 6.07) is 17.2. The van der Waals surface area contributed by atoms with Gasteiger partial charge in [-0.2, -0.15) is 0 Å². The molecule has 4 aliphatic rings. The Morgan fingerprint density at radius 1 is 0.967 bits per heavy atom. The summed E-state index contributed by atoms with van der Waals surface area (Å²) in [5.74, 6) is 3.76. The highest BCUT2D eigenvalue weighted by Crippen LogP contribution is 2.60. The summed E-state index contributed by atoms with van der Waals surface area (Å²) in [6.07, 6.45) is 8.11. The molecule has 3 nitrogen and oxygen atoms in total. The van der Waals surface area contributed by atoms with Crippen molar-refractivity contribution in [3.05, 3.63) is 65.2 Å². The third kappa shape index (κ3) is 4.15. The van der Waals surface area contributed by atoms with Crippen molar-refractivity contribution in [2.24, 2.45) is 17.8 Å². The van der Waals surface area contributed by atoms with Gasteiger partial charge >= 0.3 is 0 Å². The van der Waals surface area contributed by atoms with E-state index in [1.54, 1.807) is 0 Å². The van der Waals surface area contributed by atoms with Crippen molar-refractivity contribution in [2.75, 3.05) is 13.2 Å². The first kappa shape index (κ1) is 20.1. The molecule has 0 aromatic heterocycles. The summed E-state index contributed by atoms with van der Waals surface area (Å²) in [5.41, 5.74) is 4.50. The second kappa shape index (κ2) is 8.36. The van der Waals surface area contributed by atoms with E-state index in [-0.39, 0.29) is 0 Å². The van der Waals surface area contributed by atoms with Crippen LogP contribution in [0.3, 0.4) is 0 Å². The number of nitrogens with one attached hydrogen (secondary N) is 1. The van der Waals surface area contributed by atoms with Gasteiger partial charge in [-0.1, -0.05) is 36.4 Å². The van der Waals surface area contributed by atoms with E-state index in [2.05, 4.69) is 60.8 Å². The number of hydrogen-bond donors (Lipinski definition) is 2. The fourth-order valence-electron chi connectivity index (χ4n) is 6.80. The molecule has 160 valence electrons. The Labute approximate surface area is 180 Å². The maximum absolute atomic E-state index is 10.3. The minimum Gasteiger partial charge on any atom is -0.491 e. The molecule has 3 heteroatoms. The van der Waals surface area contributed by atoms with E-state index >= 15 is 0 Å². The van der Waals surface area contributed by atoms with Gasteiger partial charge in [-0.15, -0.1) is 0 Å². The van der Waals surface area contributed by atoms with Crippen molar-refractivity contribution in [1.29, 1.82) is 0 Å². The van der Waals surface area contributed by atoms with Gasteiger partial charge in [-0.3, -0.25) is 0 Å². The van der Waals surface area contributed by atoms with E-state index in [9.17, 15) is 5.11 Å². The van der Waals surface area contributed by atoms with Gasteiger partial charge in [0.25, 0.3) is 0 Å². The van der Waals surface area contributed by atoms with Gasteiger partial charge in [0.1, 0.15) is 18.5 Å². The Hall–Kier alpha value is -1.84. The number of aliphatic hydroxyl groups is 1. The molecule has 1 atom stereocenters. The van der Waals surface area contributed by atoms with Crippen molar-refractivity contribution >= 4 is 0 Å². The van der Waals surface area contributed by atoms with Gasteiger partial charge in [0.05, 0.1) is 0 Å². The monoisotopic (exact) mass is 405 g/mol. The summed E-state index contributed by atoms with van der Waals surface area (Å²) in [4.78, 5) is 0. The molecule has 4 saturated carbocycles. The van der Waals surface area contributed by atoms with Gasteiger partial charge in [0, 0.05) is 13.1 Å². The van der Waals surface area contributed by atoms with Crippen molar-refractivity contribution in [3.63, 3.8) is 0 Å². The lowest BCUT2D eigenvalue weighted by Crippen LogP contribution is -2.48. The molecule has 2 aromatic carbocycles. The molecular formula is C27H35NO2. The molecule has 0 spiro atoms. The molecule has 1 unspecified atom stereocenters. The van der Waals surface area contributed by atoms with Crippen LogP contribution in [0.15, 0.2) is 48.5 Å². The quantitative estimate of drug-likeness (QED) is 0.650. The van der Waals surface area contributed by atoms with E-state index in [1.807, 2.05) is 0 Å². The van der Waals surface area contributed by atoms with Gasteiger partial charge < -0.3 is 15.2 Å². The van der Waals surface area contributed by atoms with Crippen molar-refractivity contribution in [2.45, 2.75) is 63.5 Å². The standard InChI is InChI=1S/C27H35NO2/c1-19-4-2-3-5-23(19)16-28-17-25(29)18-30-26-8-6-24(7-9-26)27-13-20-10-21(14-27)12-22(11-20)15-27/h2-9,20-22,25,28-29H,10-18H2,1H3. The van der Waals surface area contributed by atoms with E-state index in [0.29, 0.717) is 18.6 Å². The fourth-order valence-corrected chi connectivity index (χ4v) is 6.80. The first-order valence-corrected chi connectivity index (χ1v) is 11.8. The SMILES string of the molecule is Cc1ccccc1CNCC(O)COc1ccc(C23CC4CC(CC(C4)C2)C3)cc1. The molecule has 6 rings (SSSR count). The van der Waals surface area contributed by atoms with Crippen LogP contribution in [0.5, 0.6) is 5.75 Å². The molecule has 0 radical (unpaired) electrons. The summed E-state index contributed by atoms with van der Waals surface area (Å²) in [6.45, 7) is 3.73. The van der Waals surface area contributed by atoms with Crippen molar-refractivity contribution in [3.8, 4) is 5.75 Å². The lowest BCUT2D eigenvalue weighted by Gasteiger charge is -2.57. The van der Waals surface area contributed by atoms with Crippen LogP contribution in [0.1, 0.15) is 55.2 Å². The zero-order valence-corrected chi connectivity index (χ0v) is 18.1. The highest BCUT2D eigenvalue weighted by Gasteiger charge is 2.51. The highest BCUT2D eigenvalue weighted by molar-refractivity contribution is 5.34. The third-order valence-electron chi connectivity index (χ3n) is 7.90. The molecule has 4 bridgehead atoms. The van der Waals surface area contributed by atoms with Crippen LogP contribution < -0.4 is 10.1 Å². The molecule has 30 heavy (non-hydrogen) atoms. The Balaban J connectivity index is 1.11. The zero-order chi connectivity index (χ0) is 20.6. The van der Waals surface area contributed by atoms with Crippen LogP contribution in [-0.2, 0) is 12.0 Å². The summed E-state index contributed by atoms with van der Waals surface area (Å²) in [7, 11) is 0. The van der Waals surface area contributed by atoms with Crippen LogP contribution in [0, 0.1) is 24.7 Å². The fraction of sp³-hybridized carbons (Fsp3) is 0.556. The number of ether oxygens (including phenoxy) is 1. The van der Waals surface area contributed by atoms with Crippen LogP contribution in [0.2, 0.25) is 0 Å². The Kier molecular flexibility index (Phi) is 5.59. The van der Waals surface area contributed by atoms with Crippen LogP contribution in [0.25, 0.3) is 0 Å². The smallest absolute Gasteiger partial charge is 0.119 e.